The predicted octanol–water partition coefficient (Wildman–Crippen LogP) is 2.87. The number of pyridine rings is 1. The summed E-state index contributed by atoms with van der Waals surface area (Å²) in [4.78, 5) is 4.44. The maximum atomic E-state index is 5.16. The summed E-state index contributed by atoms with van der Waals surface area (Å²) in [7, 11) is 6.04. The van der Waals surface area contributed by atoms with E-state index in [0.717, 1.165) is 35.7 Å². The Labute approximate surface area is 139 Å². The summed E-state index contributed by atoms with van der Waals surface area (Å²) in [5.41, 5.74) is 1.26. The van der Waals surface area contributed by atoms with E-state index in [1.165, 1.54) is 5.56 Å². The fourth-order valence-electron chi connectivity index (χ4n) is 2.16. The average molecular weight is 323 g/mol. The molecule has 2 rings (SSSR count). The molecule has 120 valence electrons. The van der Waals surface area contributed by atoms with Gasteiger partial charge < -0.3 is 10.1 Å². The standard InChI is InChI=1S/C17H24N3O.ClH/c1-20(2,17-6-4-5-11-19-17)13-12-18-14-15-7-9-16(21-3)10-8-15;/h4-11,18H,12-14H2,1-3H3;1H/q+1;. The number of nitrogens with zero attached hydrogens (tertiary/aromatic N) is 2. The number of nitrogens with one attached hydrogen (secondary N) is 1. The molecule has 0 bridgehead atoms. The number of quaternary nitrogens is 1. The summed E-state index contributed by atoms with van der Waals surface area (Å²) in [5.74, 6) is 1.98. The van der Waals surface area contributed by atoms with Crippen molar-refractivity contribution in [2.45, 2.75) is 6.54 Å². The van der Waals surface area contributed by atoms with Crippen LogP contribution in [0.5, 0.6) is 5.75 Å². The van der Waals surface area contributed by atoms with Crippen LogP contribution in [-0.4, -0.2) is 39.3 Å². The molecule has 4 nitrogen and oxygen atoms in total. The molecule has 0 fully saturated rings. The first kappa shape index (κ1) is 18.4. The topological polar surface area (TPSA) is 34.1 Å². The molecule has 0 spiro atoms. The Bertz CT molecular complexity index is 544. The number of hydrogen-bond acceptors (Lipinski definition) is 3. The highest BCUT2D eigenvalue weighted by molar-refractivity contribution is 5.85. The zero-order chi connectivity index (χ0) is 15.1. The minimum Gasteiger partial charge on any atom is -0.497 e. The van der Waals surface area contributed by atoms with E-state index in [0.29, 0.717) is 0 Å². The summed E-state index contributed by atoms with van der Waals surface area (Å²) >= 11 is 0. The van der Waals surface area contributed by atoms with Crippen molar-refractivity contribution in [2.75, 3.05) is 34.3 Å². The van der Waals surface area contributed by atoms with Crippen LogP contribution in [0.2, 0.25) is 0 Å². The molecule has 5 heteroatoms. The van der Waals surface area contributed by atoms with Crippen LogP contribution in [0.15, 0.2) is 48.7 Å². The van der Waals surface area contributed by atoms with Crippen molar-refractivity contribution in [1.82, 2.24) is 14.8 Å². The van der Waals surface area contributed by atoms with E-state index in [1.54, 1.807) is 7.11 Å². The van der Waals surface area contributed by atoms with Crippen molar-refractivity contribution in [1.29, 1.82) is 0 Å². The highest BCUT2D eigenvalue weighted by atomic mass is 35.5. The third-order valence-electron chi connectivity index (χ3n) is 3.61. The lowest BCUT2D eigenvalue weighted by Crippen LogP contribution is -2.45. The molecule has 0 atom stereocenters. The van der Waals surface area contributed by atoms with Gasteiger partial charge in [0.25, 0.3) is 0 Å². The lowest BCUT2D eigenvalue weighted by Gasteiger charge is -2.27. The second kappa shape index (κ2) is 8.73. The van der Waals surface area contributed by atoms with Crippen LogP contribution in [0.1, 0.15) is 5.56 Å². The summed E-state index contributed by atoms with van der Waals surface area (Å²) < 4.78 is 5.93. The number of benzene rings is 1. The number of aromatic nitrogens is 1. The molecule has 1 N–H and O–H groups in total. The average Bonchev–Trinajstić information content (AvgIpc) is 2.53. The molecular formula is C17H25ClN3O+. The van der Waals surface area contributed by atoms with Gasteiger partial charge in [-0.25, -0.2) is 4.98 Å². The first-order valence-corrected chi connectivity index (χ1v) is 7.20. The largest absolute Gasteiger partial charge is 0.497 e. The normalized spacial score (nSPS) is 10.9. The minimum atomic E-state index is 0. The quantitative estimate of drug-likeness (QED) is 0.628. The number of ether oxygens (including phenoxy) is 1. The van der Waals surface area contributed by atoms with Crippen LogP contribution in [0.4, 0.5) is 5.82 Å². The smallest absolute Gasteiger partial charge is 0.227 e. The zero-order valence-corrected chi connectivity index (χ0v) is 14.3. The number of halogens is 1. The molecule has 1 aromatic carbocycles. The summed E-state index contributed by atoms with van der Waals surface area (Å²) in [6.07, 6.45) is 1.85. The monoisotopic (exact) mass is 322 g/mol. The molecule has 0 aliphatic rings. The van der Waals surface area contributed by atoms with Crippen molar-refractivity contribution in [3.05, 3.63) is 54.2 Å². The first-order chi connectivity index (χ1) is 10.1. The van der Waals surface area contributed by atoms with Crippen LogP contribution in [0.25, 0.3) is 0 Å². The van der Waals surface area contributed by atoms with Crippen LogP contribution in [-0.2, 0) is 6.54 Å². The Hall–Kier alpha value is -1.62. The van der Waals surface area contributed by atoms with Crippen molar-refractivity contribution >= 4 is 18.2 Å². The highest BCUT2D eigenvalue weighted by Gasteiger charge is 2.19. The van der Waals surface area contributed by atoms with Gasteiger partial charge >= 0.3 is 0 Å². The third kappa shape index (κ3) is 5.30. The number of hydrogen-bond donors (Lipinski definition) is 1. The maximum absolute atomic E-state index is 5.16. The number of methoxy groups -OCH3 is 1. The van der Waals surface area contributed by atoms with Gasteiger partial charge in [0.05, 0.1) is 27.7 Å². The number of likely N-dealkylation sites (N-methyl/N-ethyl adjacent to an activating group) is 1. The second-order valence-electron chi connectivity index (χ2n) is 5.62. The van der Waals surface area contributed by atoms with Gasteiger partial charge in [-0.1, -0.05) is 18.2 Å². The molecule has 2 aromatic rings. The molecule has 0 aliphatic carbocycles. The molecule has 0 unspecified atom stereocenters. The molecule has 22 heavy (non-hydrogen) atoms. The van der Waals surface area contributed by atoms with Gasteiger partial charge in [0.15, 0.2) is 0 Å². The second-order valence-corrected chi connectivity index (χ2v) is 5.62. The van der Waals surface area contributed by atoms with Crippen LogP contribution in [0, 0.1) is 0 Å². The summed E-state index contributed by atoms with van der Waals surface area (Å²) in [5, 5.41) is 3.48. The van der Waals surface area contributed by atoms with Crippen molar-refractivity contribution < 1.29 is 4.74 Å². The van der Waals surface area contributed by atoms with Gasteiger partial charge in [-0.2, -0.15) is 0 Å². The lowest BCUT2D eigenvalue weighted by molar-refractivity contribution is 0.381. The SMILES string of the molecule is COc1ccc(CNCC[N+](C)(C)c2ccccn2)cc1.Cl. The van der Waals surface area contributed by atoms with Crippen LogP contribution >= 0.6 is 12.4 Å². The Balaban J connectivity index is 0.00000242. The Morgan fingerprint density at radius 2 is 1.82 bits per heavy atom. The molecule has 0 amide bonds. The van der Waals surface area contributed by atoms with Crippen molar-refractivity contribution in [2.24, 2.45) is 0 Å². The molecule has 0 saturated carbocycles. The summed E-state index contributed by atoms with van der Waals surface area (Å²) in [6, 6.07) is 14.2. The van der Waals surface area contributed by atoms with E-state index in [9.17, 15) is 0 Å². The van der Waals surface area contributed by atoms with E-state index in [4.69, 9.17) is 4.74 Å². The fourth-order valence-corrected chi connectivity index (χ4v) is 2.16. The van der Waals surface area contributed by atoms with Crippen molar-refractivity contribution in [3.8, 4) is 5.75 Å². The molecule has 0 aliphatic heterocycles. The molecule has 0 radical (unpaired) electrons. The lowest BCUT2D eigenvalue weighted by atomic mass is 10.2. The van der Waals surface area contributed by atoms with E-state index in [2.05, 4.69) is 42.6 Å². The molecular weight excluding hydrogens is 298 g/mol. The van der Waals surface area contributed by atoms with E-state index >= 15 is 0 Å². The molecule has 0 saturated heterocycles. The van der Waals surface area contributed by atoms with Gasteiger partial charge in [0.1, 0.15) is 5.75 Å². The van der Waals surface area contributed by atoms with Crippen molar-refractivity contribution in [3.63, 3.8) is 0 Å². The maximum Gasteiger partial charge on any atom is 0.227 e. The first-order valence-electron chi connectivity index (χ1n) is 7.20. The van der Waals surface area contributed by atoms with Gasteiger partial charge in [-0.15, -0.1) is 12.4 Å². The Morgan fingerprint density at radius 1 is 1.09 bits per heavy atom. The Morgan fingerprint density at radius 3 is 2.41 bits per heavy atom. The fraction of sp³-hybridized carbons (Fsp3) is 0.353. The van der Waals surface area contributed by atoms with Crippen LogP contribution in [0.3, 0.4) is 0 Å². The Kier molecular flexibility index (Phi) is 7.32. The van der Waals surface area contributed by atoms with E-state index in [1.807, 2.05) is 30.5 Å². The van der Waals surface area contributed by atoms with Gasteiger partial charge in [-0.05, 0) is 23.8 Å². The minimum absolute atomic E-state index is 0. The number of rotatable bonds is 7. The summed E-state index contributed by atoms with van der Waals surface area (Å²) in [6.45, 7) is 2.80. The predicted molar refractivity (Wildman–Crippen MR) is 94.7 cm³/mol. The highest BCUT2D eigenvalue weighted by Crippen LogP contribution is 2.13. The molecule has 1 heterocycles. The molecule has 1 aromatic heterocycles. The van der Waals surface area contributed by atoms with Crippen LogP contribution < -0.4 is 14.5 Å². The van der Waals surface area contributed by atoms with Gasteiger partial charge in [0.2, 0.25) is 5.82 Å². The third-order valence-corrected chi connectivity index (χ3v) is 3.61. The van der Waals surface area contributed by atoms with Gasteiger partial charge in [0, 0.05) is 25.4 Å². The zero-order valence-electron chi connectivity index (χ0n) is 13.5. The van der Waals surface area contributed by atoms with E-state index in [-0.39, 0.29) is 12.4 Å². The van der Waals surface area contributed by atoms with E-state index < -0.39 is 0 Å². The van der Waals surface area contributed by atoms with Gasteiger partial charge in [-0.3, -0.25) is 4.48 Å².